The highest BCUT2D eigenvalue weighted by Crippen LogP contribution is 2.39. The molecule has 0 bridgehead atoms. The summed E-state index contributed by atoms with van der Waals surface area (Å²) in [5.74, 6) is 1.22. The first-order valence-corrected chi connectivity index (χ1v) is 9.70. The van der Waals surface area contributed by atoms with Crippen LogP contribution < -0.4 is 0 Å². The van der Waals surface area contributed by atoms with Crippen molar-refractivity contribution in [1.29, 1.82) is 0 Å². The van der Waals surface area contributed by atoms with Crippen molar-refractivity contribution in [2.75, 3.05) is 13.1 Å². The molecule has 0 saturated carbocycles. The molecule has 4 aromatic rings. The summed E-state index contributed by atoms with van der Waals surface area (Å²) in [7, 11) is 0. The number of aromatic nitrogens is 4. The fourth-order valence-electron chi connectivity index (χ4n) is 4.24. The van der Waals surface area contributed by atoms with E-state index in [1.165, 1.54) is 5.56 Å². The van der Waals surface area contributed by atoms with Gasteiger partial charge in [-0.15, -0.1) is 0 Å². The minimum Gasteiger partial charge on any atom is -0.339 e. The summed E-state index contributed by atoms with van der Waals surface area (Å²) in [6.45, 7) is 4.81. The molecule has 0 N–H and O–H groups in total. The summed E-state index contributed by atoms with van der Waals surface area (Å²) in [5.41, 5.74) is 3.28. The van der Waals surface area contributed by atoms with Gasteiger partial charge < -0.3 is 9.42 Å². The number of fused-ring (bicyclic) bond motifs is 1. The fraction of sp³-hybridized carbons (Fsp3) is 0.273. The number of aryl methyl sites for hydroxylation is 2. The molecule has 0 aliphatic carbocycles. The third-order valence-electron chi connectivity index (χ3n) is 5.60. The van der Waals surface area contributed by atoms with Crippen molar-refractivity contribution in [3.8, 4) is 0 Å². The molecule has 7 heteroatoms. The topological polar surface area (TPSA) is 76.5 Å². The van der Waals surface area contributed by atoms with Crippen LogP contribution in [-0.4, -0.2) is 43.4 Å². The number of carbonyl (C=O) groups is 1. The number of benzene rings is 1. The molecule has 4 heterocycles. The molecule has 1 aromatic carbocycles. The zero-order valence-electron chi connectivity index (χ0n) is 16.3. The van der Waals surface area contributed by atoms with Gasteiger partial charge in [0.05, 0.1) is 11.6 Å². The Bertz CT molecular complexity index is 1180. The maximum Gasteiger partial charge on any atom is 0.272 e. The van der Waals surface area contributed by atoms with E-state index in [1.807, 2.05) is 65.7 Å². The Labute approximate surface area is 168 Å². The second-order valence-electron chi connectivity index (χ2n) is 7.49. The van der Waals surface area contributed by atoms with Gasteiger partial charge in [-0.3, -0.25) is 9.20 Å². The Hall–Kier alpha value is -3.48. The van der Waals surface area contributed by atoms with Crippen LogP contribution in [0.1, 0.15) is 45.3 Å². The van der Waals surface area contributed by atoms with Crippen molar-refractivity contribution in [3.63, 3.8) is 0 Å². The van der Waals surface area contributed by atoms with Crippen LogP contribution in [0.2, 0.25) is 0 Å². The van der Waals surface area contributed by atoms with Gasteiger partial charge in [-0.05, 0) is 31.5 Å². The Morgan fingerprint density at radius 2 is 1.76 bits per heavy atom. The molecular weight excluding hydrogens is 366 g/mol. The zero-order valence-corrected chi connectivity index (χ0v) is 16.3. The van der Waals surface area contributed by atoms with Gasteiger partial charge in [-0.2, -0.15) is 4.98 Å². The van der Waals surface area contributed by atoms with E-state index in [2.05, 4.69) is 27.3 Å². The molecule has 2 atom stereocenters. The van der Waals surface area contributed by atoms with Crippen molar-refractivity contribution < 1.29 is 9.32 Å². The number of pyridine rings is 1. The molecular formula is C22H21N5O2. The smallest absolute Gasteiger partial charge is 0.272 e. The quantitative estimate of drug-likeness (QED) is 0.539. The molecule has 7 nitrogen and oxygen atoms in total. The summed E-state index contributed by atoms with van der Waals surface area (Å²) in [4.78, 5) is 24.4. The average molecular weight is 387 g/mol. The van der Waals surface area contributed by atoms with E-state index >= 15 is 0 Å². The number of hydrogen-bond acceptors (Lipinski definition) is 5. The number of hydrogen-bond donors (Lipinski definition) is 0. The van der Waals surface area contributed by atoms with E-state index in [-0.39, 0.29) is 17.7 Å². The van der Waals surface area contributed by atoms with Crippen LogP contribution in [0, 0.1) is 13.8 Å². The van der Waals surface area contributed by atoms with Crippen molar-refractivity contribution in [2.24, 2.45) is 0 Å². The second-order valence-corrected chi connectivity index (χ2v) is 7.49. The summed E-state index contributed by atoms with van der Waals surface area (Å²) >= 11 is 0. The van der Waals surface area contributed by atoms with Crippen molar-refractivity contribution in [3.05, 3.63) is 83.4 Å². The maximum absolute atomic E-state index is 13.5. The number of amides is 1. The lowest BCUT2D eigenvalue weighted by Crippen LogP contribution is -2.30. The van der Waals surface area contributed by atoms with Crippen LogP contribution >= 0.6 is 0 Å². The van der Waals surface area contributed by atoms with E-state index in [9.17, 15) is 4.79 Å². The lowest BCUT2D eigenvalue weighted by molar-refractivity contribution is 0.0780. The van der Waals surface area contributed by atoms with Gasteiger partial charge in [-0.25, -0.2) is 4.98 Å². The zero-order chi connectivity index (χ0) is 20.0. The molecule has 2 unspecified atom stereocenters. The number of rotatable bonds is 3. The first kappa shape index (κ1) is 17.6. The van der Waals surface area contributed by atoms with Gasteiger partial charge in [0, 0.05) is 25.2 Å². The van der Waals surface area contributed by atoms with E-state index in [0.29, 0.717) is 30.5 Å². The number of imidazole rings is 1. The van der Waals surface area contributed by atoms with E-state index in [1.54, 1.807) is 0 Å². The maximum atomic E-state index is 13.5. The van der Waals surface area contributed by atoms with E-state index in [0.717, 1.165) is 11.3 Å². The first-order valence-electron chi connectivity index (χ1n) is 9.70. The summed E-state index contributed by atoms with van der Waals surface area (Å²) in [6, 6.07) is 16.0. The SMILES string of the molecule is Cc1noc(C2CN(C(=O)c3c(C)nc4ccccn34)CC2c2ccccc2)n1. The highest BCUT2D eigenvalue weighted by atomic mass is 16.5. The third kappa shape index (κ3) is 2.99. The molecule has 0 spiro atoms. The molecule has 1 amide bonds. The largest absolute Gasteiger partial charge is 0.339 e. The van der Waals surface area contributed by atoms with E-state index in [4.69, 9.17) is 4.52 Å². The fourth-order valence-corrected chi connectivity index (χ4v) is 4.24. The third-order valence-corrected chi connectivity index (χ3v) is 5.60. The molecule has 5 rings (SSSR count). The number of carbonyl (C=O) groups excluding carboxylic acids is 1. The van der Waals surface area contributed by atoms with Crippen LogP contribution in [0.4, 0.5) is 0 Å². The monoisotopic (exact) mass is 387 g/mol. The van der Waals surface area contributed by atoms with Gasteiger partial charge in [0.15, 0.2) is 5.82 Å². The van der Waals surface area contributed by atoms with Gasteiger partial charge in [0.1, 0.15) is 11.3 Å². The van der Waals surface area contributed by atoms with Gasteiger partial charge >= 0.3 is 0 Å². The molecule has 1 aliphatic rings. The molecule has 1 saturated heterocycles. The van der Waals surface area contributed by atoms with Gasteiger partial charge in [0.2, 0.25) is 5.89 Å². The molecule has 29 heavy (non-hydrogen) atoms. The lowest BCUT2D eigenvalue weighted by atomic mass is 9.89. The Balaban J connectivity index is 1.52. The van der Waals surface area contributed by atoms with Gasteiger partial charge in [0.25, 0.3) is 5.91 Å². The Kier molecular flexibility index (Phi) is 4.16. The second kappa shape index (κ2) is 6.84. The molecule has 0 radical (unpaired) electrons. The standard InChI is InChI=1S/C22H21N5O2/c1-14-20(27-11-7-6-10-19(27)23-14)22(28)26-12-17(16-8-4-3-5-9-16)18(13-26)21-24-15(2)25-29-21/h3-11,17-18H,12-13H2,1-2H3. The van der Waals surface area contributed by atoms with Crippen LogP contribution in [0.25, 0.3) is 5.65 Å². The van der Waals surface area contributed by atoms with Crippen LogP contribution in [0.3, 0.4) is 0 Å². The predicted molar refractivity (Wildman–Crippen MR) is 107 cm³/mol. The number of likely N-dealkylation sites (tertiary alicyclic amines) is 1. The van der Waals surface area contributed by atoms with Crippen molar-refractivity contribution in [1.82, 2.24) is 24.4 Å². The van der Waals surface area contributed by atoms with E-state index < -0.39 is 0 Å². The Morgan fingerprint density at radius 3 is 2.52 bits per heavy atom. The van der Waals surface area contributed by atoms with Crippen LogP contribution in [0.15, 0.2) is 59.3 Å². The lowest BCUT2D eigenvalue weighted by Gasteiger charge is -2.17. The summed E-state index contributed by atoms with van der Waals surface area (Å²) in [5, 5.41) is 3.96. The van der Waals surface area contributed by atoms with Crippen molar-refractivity contribution >= 4 is 11.6 Å². The highest BCUT2D eigenvalue weighted by molar-refractivity contribution is 5.95. The first-order chi connectivity index (χ1) is 14.1. The van der Waals surface area contributed by atoms with Gasteiger partial charge in [-0.1, -0.05) is 41.6 Å². The summed E-state index contributed by atoms with van der Waals surface area (Å²) in [6.07, 6.45) is 1.88. The van der Waals surface area contributed by atoms with Crippen LogP contribution in [0.5, 0.6) is 0 Å². The number of nitrogens with zero attached hydrogens (tertiary/aromatic N) is 5. The minimum absolute atomic E-state index is 0.0270. The Morgan fingerprint density at radius 1 is 1.00 bits per heavy atom. The molecule has 3 aromatic heterocycles. The summed E-state index contributed by atoms with van der Waals surface area (Å²) < 4.78 is 7.36. The average Bonchev–Trinajstić information content (AvgIpc) is 3.44. The van der Waals surface area contributed by atoms with Crippen molar-refractivity contribution in [2.45, 2.75) is 25.7 Å². The minimum atomic E-state index is -0.0398. The molecule has 146 valence electrons. The molecule has 1 aliphatic heterocycles. The normalized spacial score (nSPS) is 19.2. The highest BCUT2D eigenvalue weighted by Gasteiger charge is 2.41. The molecule has 1 fully saturated rings. The van der Waals surface area contributed by atoms with Crippen LogP contribution in [-0.2, 0) is 0 Å². The predicted octanol–water partition coefficient (Wildman–Crippen LogP) is 3.36.